The molecule has 4 aromatic rings. The zero-order valence-corrected chi connectivity index (χ0v) is 72.0. The number of piperidine rings is 2. The van der Waals surface area contributed by atoms with E-state index in [4.69, 9.17) is 18.9 Å². The molecular formula is C92H138N10O12. The minimum atomic E-state index is -0.562. The summed E-state index contributed by atoms with van der Waals surface area (Å²) in [5.74, 6) is -0.0388. The fourth-order valence-corrected chi connectivity index (χ4v) is 20.7. The number of hydrogen-bond donors (Lipinski definition) is 0. The summed E-state index contributed by atoms with van der Waals surface area (Å²) in [4.78, 5) is 143. The molecule has 4 bridgehead atoms. The molecule has 4 amide bonds. The van der Waals surface area contributed by atoms with Crippen LogP contribution in [0.15, 0.2) is 97.6 Å². The first-order chi connectivity index (χ1) is 54.6. The van der Waals surface area contributed by atoms with E-state index in [9.17, 15) is 38.4 Å². The van der Waals surface area contributed by atoms with Gasteiger partial charge in [-0.15, -0.1) is 0 Å². The Hall–Kier alpha value is -7.08. The van der Waals surface area contributed by atoms with Crippen molar-refractivity contribution in [2.45, 2.75) is 282 Å². The summed E-state index contributed by atoms with van der Waals surface area (Å²) in [6.45, 7) is 21.4. The van der Waals surface area contributed by atoms with E-state index in [2.05, 4.69) is 95.8 Å². The van der Waals surface area contributed by atoms with Crippen LogP contribution in [0.1, 0.15) is 219 Å². The molecule has 2 aliphatic carbocycles. The lowest BCUT2D eigenvalue weighted by Gasteiger charge is -2.41. The number of methoxy groups -OCH3 is 4. The maximum Gasteiger partial charge on any atom is 0.226 e. The quantitative estimate of drug-likeness (QED) is 0.0400. The van der Waals surface area contributed by atoms with Crippen molar-refractivity contribution in [1.29, 1.82) is 0 Å². The fourth-order valence-electron chi connectivity index (χ4n) is 20.7. The van der Waals surface area contributed by atoms with Gasteiger partial charge in [-0.3, -0.25) is 48.2 Å². The number of ketones is 4. The molecule has 6 aliphatic rings. The maximum absolute atomic E-state index is 14.4. The highest BCUT2D eigenvalue weighted by atomic mass is 16.5. The molecule has 4 saturated heterocycles. The Morgan fingerprint density at radius 1 is 0.456 bits per heavy atom. The average molecular weight is 1580 g/mol. The Morgan fingerprint density at radius 3 is 1.11 bits per heavy atom. The Kier molecular flexibility index (Phi) is 34.2. The molecule has 0 N–H and O–H groups in total. The molecule has 6 fully saturated rings. The summed E-state index contributed by atoms with van der Waals surface area (Å²) in [7, 11) is 14.2. The van der Waals surface area contributed by atoms with E-state index < -0.39 is 48.1 Å². The van der Waals surface area contributed by atoms with Crippen LogP contribution in [0, 0.1) is 59.2 Å². The molecule has 22 nitrogen and oxygen atoms in total. The normalized spacial score (nSPS) is 24.5. The topological polar surface area (TPSA) is 244 Å². The number of carbonyl (C=O) groups is 8. The van der Waals surface area contributed by atoms with Gasteiger partial charge in [-0.05, 0) is 150 Å². The van der Waals surface area contributed by atoms with Crippen LogP contribution in [0.5, 0.6) is 0 Å². The van der Waals surface area contributed by atoms with Gasteiger partial charge in [-0.2, -0.15) is 0 Å². The number of fused-ring (bicyclic) bond motifs is 4. The van der Waals surface area contributed by atoms with Gasteiger partial charge in [0.05, 0.1) is 73.5 Å². The molecule has 0 radical (unpaired) electrons. The maximum atomic E-state index is 14.4. The smallest absolute Gasteiger partial charge is 0.226 e. The number of rotatable bonds is 42. The molecule has 22 atom stereocenters. The number of benzene rings is 2. The molecule has 6 heterocycles. The SMILES string of the molecule is CC[C@H](C)[C@@H]([C@@H](CC(=O)N1CCC[C@H]1[C@H](OC)[C@@H](C)C(=O)C[C@@H](Cc1ccccc1)c1ncccn1)OC)N(C)C(=O)[C@@H](CC(=O)[C@@H]1[C@H]2CC[C@H](C2)N1C)C(C)C.CC[C@H](C)[C@@H]([C@@H](CC(=O)N1CCC[C@H]1[C@H](OC)[C@@H](C)C(=O)C[C@H](Cc1ccccc1)c1ncccn1)OC)N(C)C(=O)[C@@H](CC(=O)[C@@H]1[C@H]2CC[C@H](C2)N1C)C(C)C. The Bertz CT molecular complexity index is 3490. The first kappa shape index (κ1) is 90.8. The predicted octanol–water partition coefficient (Wildman–Crippen LogP) is 12.8. The summed E-state index contributed by atoms with van der Waals surface area (Å²) in [5, 5.41) is 0. The average Bonchev–Trinajstić information content (AvgIpc) is 1.56. The zero-order valence-electron chi connectivity index (χ0n) is 72.0. The van der Waals surface area contributed by atoms with E-state index >= 15 is 0 Å². The number of ether oxygens (including phenoxy) is 4. The minimum absolute atomic E-state index is 0.0251. The second kappa shape index (κ2) is 42.9. The number of likely N-dealkylation sites (tertiary alicyclic amines) is 4. The van der Waals surface area contributed by atoms with E-state index in [-0.39, 0.29) is 157 Å². The van der Waals surface area contributed by atoms with Crippen LogP contribution < -0.4 is 0 Å². The summed E-state index contributed by atoms with van der Waals surface area (Å²) in [6, 6.07) is 23.1. The van der Waals surface area contributed by atoms with Crippen LogP contribution in [0.4, 0.5) is 0 Å². The van der Waals surface area contributed by atoms with Crippen LogP contribution in [0.25, 0.3) is 0 Å². The van der Waals surface area contributed by atoms with Gasteiger partial charge in [0.2, 0.25) is 23.6 Å². The number of hydrogen-bond acceptors (Lipinski definition) is 18. The third-order valence-electron chi connectivity index (χ3n) is 27.7. The van der Waals surface area contributed by atoms with Crippen molar-refractivity contribution < 1.29 is 57.3 Å². The van der Waals surface area contributed by atoms with Gasteiger partial charge in [0, 0.05) is 154 Å². The summed E-state index contributed by atoms with van der Waals surface area (Å²) in [6.07, 6.45) is 18.4. The summed E-state index contributed by atoms with van der Waals surface area (Å²) < 4.78 is 24.4. The van der Waals surface area contributed by atoms with Crippen molar-refractivity contribution in [3.8, 4) is 0 Å². The molecule has 4 aliphatic heterocycles. The number of carbonyl (C=O) groups excluding carboxylic acids is 8. The van der Waals surface area contributed by atoms with Crippen molar-refractivity contribution in [3.63, 3.8) is 0 Å². The van der Waals surface area contributed by atoms with Crippen LogP contribution in [0.3, 0.4) is 0 Å². The molecule has 2 saturated carbocycles. The van der Waals surface area contributed by atoms with E-state index in [1.807, 2.05) is 102 Å². The van der Waals surface area contributed by atoms with E-state index in [0.717, 1.165) is 88.2 Å². The Balaban J connectivity index is 0.000000261. The second-order valence-corrected chi connectivity index (χ2v) is 35.2. The van der Waals surface area contributed by atoms with Crippen LogP contribution in [-0.4, -0.2) is 239 Å². The van der Waals surface area contributed by atoms with Gasteiger partial charge in [0.15, 0.2) is 11.6 Å². The first-order valence-corrected chi connectivity index (χ1v) is 43.0. The number of Topliss-reactive ketones (excluding diaryl/α,β-unsaturated/α-hetero) is 4. The number of aromatic nitrogens is 4. The number of amides is 4. The minimum Gasteiger partial charge on any atom is -0.379 e. The fraction of sp³-hybridized carbons (Fsp3) is 0.696. The van der Waals surface area contributed by atoms with Gasteiger partial charge in [0.25, 0.3) is 0 Å². The van der Waals surface area contributed by atoms with Crippen molar-refractivity contribution in [2.75, 3.05) is 69.7 Å². The second-order valence-electron chi connectivity index (χ2n) is 35.2. The van der Waals surface area contributed by atoms with Gasteiger partial charge < -0.3 is 38.5 Å². The lowest BCUT2D eigenvalue weighted by atomic mass is 9.83. The number of nitrogens with zero attached hydrogens (tertiary/aromatic N) is 10. The standard InChI is InChI=1S/2C46H69N5O6/c2*1-10-30(4)42(50(7)46(55)36(29(2)3)27-39(53)43-33-19-20-35(25-33)49(43)6)40(56-8)28-41(54)51-23-14-18-37(51)44(57-9)31(5)38(52)26-34(45-47-21-15-22-48-45)24-32-16-12-11-13-17-32/h2*11-13,15-17,21-22,29-31,33-37,40,42-44H,10,14,18-20,23-28H2,1-9H3/t30-,31-,33-,34+,35+,36-,37-,40+,42-,43-,44+;30-,31-,33-,34-,35+,36-,37-,40+,42-,43-,44+/m00/s1. The largest absolute Gasteiger partial charge is 0.379 e. The molecular weight excluding hydrogens is 1440 g/mol. The molecule has 22 heteroatoms. The van der Waals surface area contributed by atoms with E-state index in [0.29, 0.717) is 61.5 Å². The van der Waals surface area contributed by atoms with Crippen molar-refractivity contribution in [3.05, 3.63) is 120 Å². The van der Waals surface area contributed by atoms with E-state index in [1.165, 1.54) is 0 Å². The molecule has 2 aromatic heterocycles. The molecule has 10 rings (SSSR count). The highest BCUT2D eigenvalue weighted by Crippen LogP contribution is 2.45. The summed E-state index contributed by atoms with van der Waals surface area (Å²) >= 11 is 0. The highest BCUT2D eigenvalue weighted by molar-refractivity contribution is 5.92. The van der Waals surface area contributed by atoms with Crippen LogP contribution in [-0.2, 0) is 70.1 Å². The number of likely N-dealkylation sites (N-methyl/N-ethyl adjacent to an activating group) is 4. The third-order valence-corrected chi connectivity index (χ3v) is 27.7. The van der Waals surface area contributed by atoms with Crippen LogP contribution in [0.2, 0.25) is 0 Å². The van der Waals surface area contributed by atoms with Gasteiger partial charge in [0.1, 0.15) is 23.2 Å². The van der Waals surface area contributed by atoms with Gasteiger partial charge >= 0.3 is 0 Å². The Labute approximate surface area is 681 Å². The highest BCUT2D eigenvalue weighted by Gasteiger charge is 2.52. The molecule has 628 valence electrons. The lowest BCUT2D eigenvalue weighted by molar-refractivity contribution is -0.149. The van der Waals surface area contributed by atoms with Gasteiger partial charge in [-0.1, -0.05) is 143 Å². The van der Waals surface area contributed by atoms with Crippen LogP contribution >= 0.6 is 0 Å². The van der Waals surface area contributed by atoms with Crippen molar-refractivity contribution >= 4 is 46.8 Å². The van der Waals surface area contributed by atoms with Crippen molar-refractivity contribution in [1.82, 2.24) is 49.3 Å². The molecule has 0 unspecified atom stereocenters. The van der Waals surface area contributed by atoms with E-state index in [1.54, 1.807) is 75.2 Å². The zero-order chi connectivity index (χ0) is 82.8. The Morgan fingerprint density at radius 2 is 0.807 bits per heavy atom. The third kappa shape index (κ3) is 22.0. The lowest BCUT2D eigenvalue weighted by Crippen LogP contribution is -2.54. The van der Waals surface area contributed by atoms with Gasteiger partial charge in [-0.25, -0.2) is 19.9 Å². The monoisotopic (exact) mass is 1580 g/mol. The molecule has 114 heavy (non-hydrogen) atoms. The molecule has 2 aromatic carbocycles. The first-order valence-electron chi connectivity index (χ1n) is 43.0. The predicted molar refractivity (Wildman–Crippen MR) is 443 cm³/mol. The van der Waals surface area contributed by atoms with Crippen molar-refractivity contribution in [2.24, 2.45) is 59.2 Å². The molecule has 0 spiro atoms. The summed E-state index contributed by atoms with van der Waals surface area (Å²) in [5.41, 5.74) is 2.22.